The maximum atomic E-state index is 15.2. The molecule has 0 saturated heterocycles. The van der Waals surface area contributed by atoms with Gasteiger partial charge in [0.05, 0.1) is 23.4 Å². The molecule has 0 spiro atoms. The standard InChI is InChI=1S/C22H33BrF2O.C22H34F2O2.C22H34F2O/c1-13(12-23)17-4-5-18-16-10-22(24,25)19-11-20(2,26)8-6-15(19)14(16)7-9-21(17,18)3;1-13(12-25)17-4-5-18-16-10-22(23,24)19-11-20(2,26)8-6-15(19)14(16)7-9-21(17,18)3;1-13(2)17-5-6-18-16-11-22(23,24)19-12-20(3,25)9-7-15(19)14(16)8-10-21(17,18)4/h14-19,26H,1,4-12H2,2-3H3;14-19,25-26H,1,4-12H2,2-3H3;14-19,25H,1,5-12H2,2-4H3/t3*14-,15-,16-,17-,18+,19-,20-,21-/m111/s1. The zero-order valence-corrected chi connectivity index (χ0v) is 49.9. The predicted octanol–water partition coefficient (Wildman–Crippen LogP) is 16.8. The molecule has 0 bridgehead atoms. The van der Waals surface area contributed by atoms with Crippen LogP contribution in [0.1, 0.15) is 203 Å². The lowest BCUT2D eigenvalue weighted by molar-refractivity contribution is -0.209. The Morgan fingerprint density at radius 1 is 0.390 bits per heavy atom. The van der Waals surface area contributed by atoms with Gasteiger partial charge in [0.2, 0.25) is 0 Å². The molecular weight excluding hydrogens is 1050 g/mol. The summed E-state index contributed by atoms with van der Waals surface area (Å²) >= 11 is 3.57. The van der Waals surface area contributed by atoms with Crippen LogP contribution in [0, 0.1) is 123 Å². The van der Waals surface area contributed by atoms with Gasteiger partial charge in [0.1, 0.15) is 0 Å². The fraction of sp³-hybridized carbons (Fsp3) is 0.909. The van der Waals surface area contributed by atoms with Gasteiger partial charge in [-0.15, -0.1) is 0 Å². The van der Waals surface area contributed by atoms with Gasteiger partial charge < -0.3 is 20.4 Å². The van der Waals surface area contributed by atoms with Crippen molar-refractivity contribution in [3.8, 4) is 0 Å². The summed E-state index contributed by atoms with van der Waals surface area (Å²) in [5.41, 5.74) is 0.988. The van der Waals surface area contributed by atoms with E-state index in [4.69, 9.17) is 0 Å². The highest BCUT2D eigenvalue weighted by Crippen LogP contribution is 2.71. The minimum atomic E-state index is -2.67. The second-order valence-electron chi connectivity index (χ2n) is 31.2. The Morgan fingerprint density at radius 2 is 0.675 bits per heavy atom. The van der Waals surface area contributed by atoms with Crippen molar-refractivity contribution in [2.75, 3.05) is 11.9 Å². The number of rotatable bonds is 5. The van der Waals surface area contributed by atoms with E-state index in [-0.39, 0.29) is 103 Å². The van der Waals surface area contributed by atoms with E-state index in [1.807, 2.05) is 0 Å². The average Bonchev–Trinajstić information content (AvgIpc) is 4.07. The maximum absolute atomic E-state index is 15.2. The zero-order chi connectivity index (χ0) is 56.0. The quantitative estimate of drug-likeness (QED) is 0.126. The first-order chi connectivity index (χ1) is 35.7. The number of aliphatic hydroxyl groups excluding tert-OH is 1. The molecule has 0 radical (unpaired) electrons. The van der Waals surface area contributed by atoms with E-state index in [1.165, 1.54) is 17.6 Å². The molecule has 12 fully saturated rings. The van der Waals surface area contributed by atoms with Gasteiger partial charge in [0, 0.05) is 42.3 Å². The molecule has 0 aromatic heterocycles. The Kier molecular flexibility index (Phi) is 15.7. The summed E-state index contributed by atoms with van der Waals surface area (Å²) in [4.78, 5) is 0. The lowest BCUT2D eigenvalue weighted by Crippen LogP contribution is -2.57. The molecule has 0 aliphatic heterocycles. The molecule has 0 heterocycles. The molecule has 11 heteroatoms. The minimum Gasteiger partial charge on any atom is -0.392 e. The summed E-state index contributed by atoms with van der Waals surface area (Å²) in [6.45, 7) is 26.9. The third kappa shape index (κ3) is 10.2. The van der Waals surface area contributed by atoms with Gasteiger partial charge in [-0.3, -0.25) is 0 Å². The van der Waals surface area contributed by atoms with Crippen molar-refractivity contribution >= 4 is 15.9 Å². The van der Waals surface area contributed by atoms with Gasteiger partial charge in [0.25, 0.3) is 17.8 Å². The lowest BCUT2D eigenvalue weighted by Gasteiger charge is -2.58. The van der Waals surface area contributed by atoms with E-state index in [2.05, 4.69) is 63.4 Å². The number of halogens is 7. The molecule has 77 heavy (non-hydrogen) atoms. The molecule has 4 N–H and O–H groups in total. The van der Waals surface area contributed by atoms with Gasteiger partial charge in [0.15, 0.2) is 0 Å². The first-order valence-electron chi connectivity index (χ1n) is 31.2. The summed E-state index contributed by atoms with van der Waals surface area (Å²) < 4.78 is 91.1. The number of hydrogen-bond donors (Lipinski definition) is 4. The first-order valence-corrected chi connectivity index (χ1v) is 32.3. The number of hydrogen-bond acceptors (Lipinski definition) is 4. The lowest BCUT2D eigenvalue weighted by atomic mass is 9.48. The highest BCUT2D eigenvalue weighted by molar-refractivity contribution is 9.09. The SMILES string of the molecule is C=C(C)[C@H]1CC[C@H]2[C@@H]3CC(F)(F)[C@@H]4C[C@](C)(O)CC[C@@H]4[C@H]3CC[C@]12C.C=C(CBr)[C@H]1CC[C@H]2[C@@H]3CC(F)(F)[C@@H]4C[C@](C)(O)CC[C@@H]4[C@H]3CC[C@]12C.C=C(CO)[C@H]1CC[C@H]2[C@@H]3CC(F)(F)[C@@H]4C[C@](C)(O)CC[C@@H]4[C@H]3CC[C@]12C. The molecule has 12 aliphatic carbocycles. The van der Waals surface area contributed by atoms with Gasteiger partial charge in [-0.25, -0.2) is 26.3 Å². The van der Waals surface area contributed by atoms with Crippen LogP contribution in [0.4, 0.5) is 26.3 Å². The molecule has 0 aromatic rings. The van der Waals surface area contributed by atoms with Crippen molar-refractivity contribution < 1.29 is 46.8 Å². The van der Waals surface area contributed by atoms with Crippen molar-refractivity contribution in [3.63, 3.8) is 0 Å². The van der Waals surface area contributed by atoms with Crippen LogP contribution >= 0.6 is 15.9 Å². The van der Waals surface area contributed by atoms with Gasteiger partial charge in [-0.2, -0.15) is 0 Å². The second-order valence-corrected chi connectivity index (χ2v) is 31.8. The summed E-state index contributed by atoms with van der Waals surface area (Å²) in [6.07, 6.45) is 18.2. The van der Waals surface area contributed by atoms with E-state index in [1.54, 1.807) is 20.8 Å². The summed E-state index contributed by atoms with van der Waals surface area (Å²) in [7, 11) is 0. The average molecular weight is 1150 g/mol. The molecule has 0 amide bonds. The summed E-state index contributed by atoms with van der Waals surface area (Å²) in [5, 5.41) is 41.6. The Labute approximate surface area is 468 Å². The van der Waals surface area contributed by atoms with E-state index in [9.17, 15) is 20.4 Å². The van der Waals surface area contributed by atoms with Gasteiger partial charge >= 0.3 is 0 Å². The van der Waals surface area contributed by atoms with Crippen LogP contribution < -0.4 is 0 Å². The van der Waals surface area contributed by atoms with Crippen LogP contribution in [0.2, 0.25) is 0 Å². The topological polar surface area (TPSA) is 80.9 Å². The van der Waals surface area contributed by atoms with Crippen LogP contribution in [0.3, 0.4) is 0 Å². The summed E-state index contributed by atoms with van der Waals surface area (Å²) in [5.74, 6) is -5.40. The van der Waals surface area contributed by atoms with Crippen LogP contribution in [0.15, 0.2) is 36.5 Å². The number of aliphatic hydroxyl groups is 4. The largest absolute Gasteiger partial charge is 0.392 e. The maximum Gasteiger partial charge on any atom is 0.251 e. The van der Waals surface area contributed by atoms with E-state index in [0.29, 0.717) is 66.6 Å². The predicted molar refractivity (Wildman–Crippen MR) is 299 cm³/mol. The molecule has 4 nitrogen and oxygen atoms in total. The van der Waals surface area contributed by atoms with E-state index < -0.39 is 52.3 Å². The third-order valence-electron chi connectivity index (χ3n) is 26.8. The van der Waals surface area contributed by atoms with Crippen molar-refractivity contribution in [2.45, 2.75) is 237 Å². The molecule has 0 aromatic carbocycles. The summed E-state index contributed by atoms with van der Waals surface area (Å²) in [6, 6.07) is 0. The number of allylic oxidation sites excluding steroid dienone is 2. The fourth-order valence-corrected chi connectivity index (χ4v) is 23.7. The zero-order valence-electron chi connectivity index (χ0n) is 48.3. The molecule has 24 atom stereocenters. The van der Waals surface area contributed by atoms with Crippen LogP contribution in [-0.2, 0) is 0 Å². The second kappa shape index (κ2) is 20.4. The third-order valence-corrected chi connectivity index (χ3v) is 27.5. The Balaban J connectivity index is 0.000000131. The first kappa shape index (κ1) is 59.3. The molecule has 0 unspecified atom stereocenters. The monoisotopic (exact) mass is 1150 g/mol. The molecule has 438 valence electrons. The van der Waals surface area contributed by atoms with E-state index in [0.717, 1.165) is 101 Å². The Bertz CT molecular complexity index is 2130. The van der Waals surface area contributed by atoms with Crippen molar-refractivity contribution in [1.29, 1.82) is 0 Å². The van der Waals surface area contributed by atoms with Gasteiger partial charge in [-0.1, -0.05) is 67.6 Å². The molecule has 12 rings (SSSR count). The van der Waals surface area contributed by atoms with Gasteiger partial charge in [-0.05, 0) is 273 Å². The van der Waals surface area contributed by atoms with Crippen LogP contribution in [-0.4, -0.2) is 66.9 Å². The van der Waals surface area contributed by atoms with Crippen molar-refractivity contribution in [2.24, 2.45) is 123 Å². The Morgan fingerprint density at radius 3 is 0.974 bits per heavy atom. The van der Waals surface area contributed by atoms with Crippen molar-refractivity contribution in [1.82, 2.24) is 0 Å². The van der Waals surface area contributed by atoms with Crippen molar-refractivity contribution in [3.05, 3.63) is 36.5 Å². The number of fused-ring (bicyclic) bond motifs is 15. The smallest absolute Gasteiger partial charge is 0.251 e. The van der Waals surface area contributed by atoms with Crippen LogP contribution in [0.25, 0.3) is 0 Å². The number of alkyl halides is 7. The molecular formula is C66H101BrF6O4. The molecule has 12 saturated carbocycles. The normalized spacial score (nSPS) is 53.2. The van der Waals surface area contributed by atoms with Crippen LogP contribution in [0.5, 0.6) is 0 Å². The fourth-order valence-electron chi connectivity index (χ4n) is 23.3. The molecule has 12 aliphatic rings. The highest BCUT2D eigenvalue weighted by Gasteiger charge is 2.67. The Hall–Kier alpha value is -0.880. The highest BCUT2D eigenvalue weighted by atomic mass is 79.9. The van der Waals surface area contributed by atoms with E-state index >= 15 is 26.3 Å². The minimum absolute atomic E-state index is 0.00646.